The van der Waals surface area contributed by atoms with Gasteiger partial charge in [-0.1, -0.05) is 55.8 Å². The summed E-state index contributed by atoms with van der Waals surface area (Å²) in [7, 11) is 0. The van der Waals surface area contributed by atoms with Crippen LogP contribution < -0.4 is 5.73 Å². The molecule has 2 rings (SSSR count). The first-order chi connectivity index (χ1) is 8.66. The van der Waals surface area contributed by atoms with E-state index in [2.05, 4.69) is 0 Å². The Bertz CT molecular complexity index is 388. The zero-order valence-corrected chi connectivity index (χ0v) is 11.4. The number of rotatable bonds is 4. The van der Waals surface area contributed by atoms with Crippen LogP contribution in [0.4, 0.5) is 4.39 Å². The van der Waals surface area contributed by atoms with Gasteiger partial charge in [-0.3, -0.25) is 0 Å². The zero-order chi connectivity index (χ0) is 13.0. The minimum atomic E-state index is -0.348. The maximum atomic E-state index is 13.3. The summed E-state index contributed by atoms with van der Waals surface area (Å²) >= 11 is 5.95. The van der Waals surface area contributed by atoms with E-state index in [4.69, 9.17) is 17.3 Å². The van der Waals surface area contributed by atoms with Gasteiger partial charge in [0.05, 0.1) is 5.02 Å². The van der Waals surface area contributed by atoms with Crippen LogP contribution in [-0.2, 0) is 6.42 Å². The van der Waals surface area contributed by atoms with E-state index in [1.807, 2.05) is 6.07 Å². The average Bonchev–Trinajstić information content (AvgIpc) is 2.36. The van der Waals surface area contributed by atoms with Gasteiger partial charge in [0.15, 0.2) is 0 Å². The third kappa shape index (κ3) is 3.69. The predicted molar refractivity (Wildman–Crippen MR) is 74.3 cm³/mol. The molecule has 18 heavy (non-hydrogen) atoms. The van der Waals surface area contributed by atoms with Crippen molar-refractivity contribution < 1.29 is 4.39 Å². The average molecular weight is 270 g/mol. The van der Waals surface area contributed by atoms with E-state index >= 15 is 0 Å². The topological polar surface area (TPSA) is 26.0 Å². The molecule has 0 aromatic heterocycles. The lowest BCUT2D eigenvalue weighted by atomic mass is 9.84. The molecule has 1 aliphatic rings. The first kappa shape index (κ1) is 13.8. The van der Waals surface area contributed by atoms with Gasteiger partial charge >= 0.3 is 0 Å². The number of nitrogens with two attached hydrogens (primary N) is 1. The molecule has 0 spiro atoms. The highest BCUT2D eigenvalue weighted by atomic mass is 35.5. The van der Waals surface area contributed by atoms with Crippen LogP contribution in [0.1, 0.15) is 44.1 Å². The van der Waals surface area contributed by atoms with Crippen LogP contribution in [0.2, 0.25) is 5.02 Å². The molecule has 2 N–H and O–H groups in total. The van der Waals surface area contributed by atoms with E-state index in [0.29, 0.717) is 6.42 Å². The van der Waals surface area contributed by atoms with Crippen LogP contribution in [0.15, 0.2) is 18.2 Å². The quantitative estimate of drug-likeness (QED) is 0.866. The van der Waals surface area contributed by atoms with Gasteiger partial charge in [0, 0.05) is 6.04 Å². The minimum Gasteiger partial charge on any atom is -0.327 e. The summed E-state index contributed by atoms with van der Waals surface area (Å²) in [5, 5.41) is 0.233. The second-order valence-electron chi connectivity index (χ2n) is 5.42. The molecule has 0 heterocycles. The Morgan fingerprint density at radius 3 is 2.72 bits per heavy atom. The fraction of sp³-hybridized carbons (Fsp3) is 0.600. The van der Waals surface area contributed by atoms with Crippen LogP contribution in [0.5, 0.6) is 0 Å². The van der Waals surface area contributed by atoms with Crippen LogP contribution >= 0.6 is 11.6 Å². The predicted octanol–water partition coefficient (Wildman–Crippen LogP) is 4.32. The highest BCUT2D eigenvalue weighted by molar-refractivity contribution is 6.31. The molecule has 1 saturated carbocycles. The lowest BCUT2D eigenvalue weighted by Gasteiger charge is -2.24. The second-order valence-corrected chi connectivity index (χ2v) is 5.79. The van der Waals surface area contributed by atoms with Gasteiger partial charge in [0.2, 0.25) is 0 Å². The normalized spacial score (nSPS) is 18.8. The monoisotopic (exact) mass is 269 g/mol. The van der Waals surface area contributed by atoms with Gasteiger partial charge in [-0.25, -0.2) is 4.39 Å². The van der Waals surface area contributed by atoms with Gasteiger partial charge in [-0.15, -0.1) is 0 Å². The maximum Gasteiger partial charge on any atom is 0.142 e. The fourth-order valence-corrected chi connectivity index (χ4v) is 3.13. The van der Waals surface area contributed by atoms with E-state index in [-0.39, 0.29) is 16.9 Å². The van der Waals surface area contributed by atoms with Crippen LogP contribution in [0, 0.1) is 11.7 Å². The van der Waals surface area contributed by atoms with Crippen LogP contribution in [0.3, 0.4) is 0 Å². The van der Waals surface area contributed by atoms with Crippen LogP contribution in [-0.4, -0.2) is 6.04 Å². The zero-order valence-electron chi connectivity index (χ0n) is 10.7. The number of hydrogen-bond donors (Lipinski definition) is 1. The molecule has 0 saturated heterocycles. The Morgan fingerprint density at radius 1 is 1.28 bits per heavy atom. The van der Waals surface area contributed by atoms with Crippen LogP contribution in [0.25, 0.3) is 0 Å². The van der Waals surface area contributed by atoms with Crippen molar-refractivity contribution in [2.45, 2.75) is 51.0 Å². The largest absolute Gasteiger partial charge is 0.327 e. The Morgan fingerprint density at radius 2 is 2.00 bits per heavy atom. The van der Waals surface area contributed by atoms with Gasteiger partial charge < -0.3 is 5.73 Å². The van der Waals surface area contributed by atoms with Crippen molar-refractivity contribution in [1.29, 1.82) is 0 Å². The molecule has 0 aliphatic heterocycles. The maximum absolute atomic E-state index is 13.3. The number of halogens is 2. The molecule has 1 aromatic rings. The van der Waals surface area contributed by atoms with Crippen molar-refractivity contribution >= 4 is 11.6 Å². The van der Waals surface area contributed by atoms with E-state index in [1.54, 1.807) is 6.07 Å². The first-order valence-corrected chi connectivity index (χ1v) is 7.23. The molecular weight excluding hydrogens is 249 g/mol. The molecule has 0 amide bonds. The van der Waals surface area contributed by atoms with Crippen molar-refractivity contribution in [3.63, 3.8) is 0 Å². The van der Waals surface area contributed by atoms with Gasteiger partial charge in [0.1, 0.15) is 5.82 Å². The third-order valence-corrected chi connectivity index (χ3v) is 4.30. The lowest BCUT2D eigenvalue weighted by molar-refractivity contribution is 0.316. The molecule has 0 radical (unpaired) electrons. The molecule has 100 valence electrons. The summed E-state index contributed by atoms with van der Waals surface area (Å²) in [4.78, 5) is 0. The standard InChI is InChI=1S/C15H21ClFN/c16-15-12(7-4-8-14(15)17)10-13(18)9-11-5-2-1-3-6-11/h4,7-8,11,13H,1-3,5-6,9-10,18H2. The number of benzene rings is 1. The van der Waals surface area contributed by atoms with E-state index in [9.17, 15) is 4.39 Å². The molecular formula is C15H21ClFN. The van der Waals surface area contributed by atoms with Crippen molar-refractivity contribution in [3.8, 4) is 0 Å². The number of hydrogen-bond acceptors (Lipinski definition) is 1. The van der Waals surface area contributed by atoms with Crippen molar-refractivity contribution in [1.82, 2.24) is 0 Å². The van der Waals surface area contributed by atoms with Crippen molar-refractivity contribution in [3.05, 3.63) is 34.6 Å². The Labute approximate surface area is 114 Å². The van der Waals surface area contributed by atoms with E-state index in [1.165, 1.54) is 38.2 Å². The Balaban J connectivity index is 1.90. The SMILES string of the molecule is NC(Cc1cccc(F)c1Cl)CC1CCCCC1. The summed E-state index contributed by atoms with van der Waals surface area (Å²) in [5.74, 6) is 0.403. The minimum absolute atomic E-state index is 0.0902. The molecule has 1 aromatic carbocycles. The lowest BCUT2D eigenvalue weighted by Crippen LogP contribution is -2.27. The smallest absolute Gasteiger partial charge is 0.142 e. The van der Waals surface area contributed by atoms with E-state index in [0.717, 1.165) is 17.9 Å². The summed E-state index contributed by atoms with van der Waals surface area (Å²) in [6.07, 6.45) is 8.33. The first-order valence-electron chi connectivity index (χ1n) is 6.85. The Hall–Kier alpha value is -0.600. The van der Waals surface area contributed by atoms with Crippen molar-refractivity contribution in [2.75, 3.05) is 0 Å². The third-order valence-electron chi connectivity index (χ3n) is 3.87. The molecule has 1 aliphatic carbocycles. The molecule has 1 fully saturated rings. The fourth-order valence-electron chi connectivity index (χ4n) is 2.92. The second kappa shape index (κ2) is 6.53. The highest BCUT2D eigenvalue weighted by Crippen LogP contribution is 2.28. The van der Waals surface area contributed by atoms with Crippen molar-refractivity contribution in [2.24, 2.45) is 11.7 Å². The molecule has 3 heteroatoms. The van der Waals surface area contributed by atoms with Gasteiger partial charge in [-0.2, -0.15) is 0 Å². The van der Waals surface area contributed by atoms with Gasteiger partial charge in [0.25, 0.3) is 0 Å². The summed E-state index contributed by atoms with van der Waals surface area (Å²) in [6, 6.07) is 5.04. The van der Waals surface area contributed by atoms with E-state index < -0.39 is 0 Å². The summed E-state index contributed by atoms with van der Waals surface area (Å²) in [6.45, 7) is 0. The summed E-state index contributed by atoms with van der Waals surface area (Å²) in [5.41, 5.74) is 7.01. The van der Waals surface area contributed by atoms with Gasteiger partial charge in [-0.05, 0) is 30.4 Å². The molecule has 0 bridgehead atoms. The molecule has 1 atom stereocenters. The Kier molecular flexibility index (Phi) is 5.02. The molecule has 1 nitrogen and oxygen atoms in total. The summed E-state index contributed by atoms with van der Waals surface area (Å²) < 4.78 is 13.3. The highest BCUT2D eigenvalue weighted by Gasteiger charge is 2.18. The molecule has 1 unspecified atom stereocenters.